The number of para-hydroxylation sites is 3. The number of hydrogen-bond donors (Lipinski definition) is 0. The summed E-state index contributed by atoms with van der Waals surface area (Å²) in [7, 11) is 0. The van der Waals surface area contributed by atoms with Crippen molar-refractivity contribution in [3.05, 3.63) is 127 Å². The molecule has 2 heterocycles. The Bertz CT molecular complexity index is 2230. The highest BCUT2D eigenvalue weighted by atomic mass is 16.3. The lowest BCUT2D eigenvalue weighted by Gasteiger charge is -2.12. The minimum atomic E-state index is 0.948. The van der Waals surface area contributed by atoms with Crippen molar-refractivity contribution >= 4 is 43.5 Å². The van der Waals surface area contributed by atoms with Crippen molar-refractivity contribution in [3.63, 3.8) is 0 Å². The first-order valence-electron chi connectivity index (χ1n) is 13.0. The van der Waals surface area contributed by atoms with Crippen molar-refractivity contribution in [2.75, 3.05) is 0 Å². The minimum Gasteiger partial charge on any atom is -0.455 e. The molecule has 0 saturated heterocycles. The van der Waals surface area contributed by atoms with Crippen molar-refractivity contribution in [2.24, 2.45) is 0 Å². The van der Waals surface area contributed by atoms with Crippen LogP contribution in [0.25, 0.3) is 82.8 Å². The van der Waals surface area contributed by atoms with Gasteiger partial charge in [-0.15, -0.1) is 0 Å². The first kappa shape index (κ1) is 20.0. The summed E-state index contributed by atoms with van der Waals surface area (Å²) in [4.78, 5) is 0. The second-order valence-corrected chi connectivity index (χ2v) is 10.1. The van der Waals surface area contributed by atoms with Gasteiger partial charge in [-0.05, 0) is 52.4 Å². The average Bonchev–Trinajstić information content (AvgIpc) is 3.62. The molecule has 2 aromatic heterocycles. The summed E-state index contributed by atoms with van der Waals surface area (Å²) in [6.45, 7) is 0. The number of benzene rings is 6. The predicted molar refractivity (Wildman–Crippen MR) is 158 cm³/mol. The molecule has 1 aliphatic carbocycles. The Hall–Kier alpha value is -5.08. The zero-order valence-corrected chi connectivity index (χ0v) is 20.5. The number of rotatable bonds is 2. The van der Waals surface area contributed by atoms with Gasteiger partial charge in [0.25, 0.3) is 0 Å². The fourth-order valence-electron chi connectivity index (χ4n) is 6.55. The lowest BCUT2D eigenvalue weighted by atomic mass is 9.93. The van der Waals surface area contributed by atoms with Crippen LogP contribution < -0.4 is 0 Å². The Balaban J connectivity index is 1.33. The van der Waals surface area contributed by atoms with Crippen LogP contribution in [0.1, 0.15) is 0 Å². The summed E-state index contributed by atoms with van der Waals surface area (Å²) in [5.41, 5.74) is 10.7. The molecule has 38 heavy (non-hydrogen) atoms. The summed E-state index contributed by atoms with van der Waals surface area (Å²) >= 11 is 0. The van der Waals surface area contributed by atoms with E-state index in [1.165, 1.54) is 71.5 Å². The largest absolute Gasteiger partial charge is 0.455 e. The summed E-state index contributed by atoms with van der Waals surface area (Å²) in [5, 5.41) is 6.27. The zero-order valence-electron chi connectivity index (χ0n) is 20.5. The van der Waals surface area contributed by atoms with Crippen molar-refractivity contribution < 1.29 is 4.42 Å². The highest BCUT2D eigenvalue weighted by molar-refractivity contribution is 6.22. The van der Waals surface area contributed by atoms with Gasteiger partial charge >= 0.3 is 0 Å². The second-order valence-electron chi connectivity index (χ2n) is 10.1. The molecule has 0 saturated carbocycles. The topological polar surface area (TPSA) is 18.1 Å². The number of furan rings is 1. The highest BCUT2D eigenvalue weighted by Crippen LogP contribution is 2.53. The molecule has 9 rings (SSSR count). The molecule has 176 valence electrons. The molecule has 0 aliphatic heterocycles. The molecule has 0 fully saturated rings. The average molecular weight is 484 g/mol. The molecule has 0 N–H and O–H groups in total. The monoisotopic (exact) mass is 483 g/mol. The summed E-state index contributed by atoms with van der Waals surface area (Å²) < 4.78 is 8.77. The van der Waals surface area contributed by atoms with Crippen LogP contribution in [-0.4, -0.2) is 4.57 Å². The first-order valence-corrected chi connectivity index (χ1v) is 13.0. The van der Waals surface area contributed by atoms with E-state index in [4.69, 9.17) is 4.42 Å². The van der Waals surface area contributed by atoms with E-state index in [0.29, 0.717) is 0 Å². The van der Waals surface area contributed by atoms with Crippen LogP contribution in [0.3, 0.4) is 0 Å². The lowest BCUT2D eigenvalue weighted by molar-refractivity contribution is 0.634. The lowest BCUT2D eigenvalue weighted by Crippen LogP contribution is -1.93. The number of aromatic nitrogens is 1. The SMILES string of the molecule is c1ccc(-n2c3ccccc3c3ccc(-c4ccc5c6c(cccc46)-c4oc6ccccc6c4-5)cc32)cc1. The van der Waals surface area contributed by atoms with Crippen LogP contribution in [0.2, 0.25) is 0 Å². The smallest absolute Gasteiger partial charge is 0.143 e. The molecule has 2 nitrogen and oxygen atoms in total. The third-order valence-electron chi connectivity index (χ3n) is 8.15. The van der Waals surface area contributed by atoms with Gasteiger partial charge in [-0.25, -0.2) is 0 Å². The standard InChI is InChI=1S/C36H21NO/c1-2-9-23(10-3-1)37-31-15-6-4-11-25(31)26-18-17-22(21-32(26)37)24-19-20-29-34-27(24)13-8-14-30(34)36-35(29)28-12-5-7-16-33(28)38-36/h1-21H. The van der Waals surface area contributed by atoms with Crippen molar-refractivity contribution in [1.82, 2.24) is 4.57 Å². The van der Waals surface area contributed by atoms with Crippen LogP contribution in [-0.2, 0) is 0 Å². The maximum absolute atomic E-state index is 6.38. The van der Waals surface area contributed by atoms with Gasteiger partial charge in [0.15, 0.2) is 0 Å². The molecule has 1 aliphatic rings. The Morgan fingerprint density at radius 2 is 1.21 bits per heavy atom. The molecule has 0 spiro atoms. The van der Waals surface area contributed by atoms with E-state index in [1.807, 2.05) is 6.07 Å². The summed E-state index contributed by atoms with van der Waals surface area (Å²) in [5.74, 6) is 0.989. The summed E-state index contributed by atoms with van der Waals surface area (Å²) in [6, 6.07) is 45.8. The van der Waals surface area contributed by atoms with E-state index in [1.54, 1.807) is 0 Å². The van der Waals surface area contributed by atoms with E-state index in [2.05, 4.69) is 126 Å². The normalized spacial score (nSPS) is 12.2. The van der Waals surface area contributed by atoms with E-state index < -0.39 is 0 Å². The van der Waals surface area contributed by atoms with E-state index >= 15 is 0 Å². The maximum Gasteiger partial charge on any atom is 0.143 e. The minimum absolute atomic E-state index is 0.948. The van der Waals surface area contributed by atoms with E-state index in [-0.39, 0.29) is 0 Å². The second kappa shape index (κ2) is 7.24. The molecule has 0 unspecified atom stereocenters. The van der Waals surface area contributed by atoms with Gasteiger partial charge in [0.05, 0.1) is 11.0 Å². The van der Waals surface area contributed by atoms with E-state index in [0.717, 1.165) is 11.3 Å². The van der Waals surface area contributed by atoms with Crippen molar-refractivity contribution in [3.8, 4) is 39.3 Å². The molecular weight excluding hydrogens is 462 g/mol. The third kappa shape index (κ3) is 2.51. The Morgan fingerprint density at radius 3 is 2.13 bits per heavy atom. The molecule has 6 aromatic carbocycles. The number of hydrogen-bond acceptors (Lipinski definition) is 1. The van der Waals surface area contributed by atoms with Crippen LogP contribution in [0, 0.1) is 0 Å². The molecule has 2 heteroatoms. The maximum atomic E-state index is 6.38. The van der Waals surface area contributed by atoms with Gasteiger partial charge in [-0.1, -0.05) is 97.1 Å². The van der Waals surface area contributed by atoms with Gasteiger partial charge < -0.3 is 8.98 Å². The van der Waals surface area contributed by atoms with Crippen LogP contribution in [0.15, 0.2) is 132 Å². The first-order chi connectivity index (χ1) is 18.9. The van der Waals surface area contributed by atoms with Gasteiger partial charge in [-0.2, -0.15) is 0 Å². The predicted octanol–water partition coefficient (Wildman–Crippen LogP) is 10.00. The van der Waals surface area contributed by atoms with E-state index in [9.17, 15) is 0 Å². The number of nitrogens with zero attached hydrogens (tertiary/aromatic N) is 1. The highest BCUT2D eigenvalue weighted by Gasteiger charge is 2.28. The van der Waals surface area contributed by atoms with Gasteiger partial charge in [0, 0.05) is 38.4 Å². The van der Waals surface area contributed by atoms with Crippen molar-refractivity contribution in [1.29, 1.82) is 0 Å². The molecular formula is C36H21NO. The van der Waals surface area contributed by atoms with Gasteiger partial charge in [0.1, 0.15) is 11.3 Å². The Kier molecular flexibility index (Phi) is 3.82. The molecule has 0 radical (unpaired) electrons. The third-order valence-corrected chi connectivity index (χ3v) is 8.15. The fraction of sp³-hybridized carbons (Fsp3) is 0. The molecule has 0 bridgehead atoms. The van der Waals surface area contributed by atoms with Gasteiger partial charge in [-0.3, -0.25) is 0 Å². The fourth-order valence-corrected chi connectivity index (χ4v) is 6.55. The Labute approximate surface area is 219 Å². The molecule has 8 aromatic rings. The van der Waals surface area contributed by atoms with Crippen LogP contribution in [0.4, 0.5) is 0 Å². The zero-order chi connectivity index (χ0) is 24.8. The summed E-state index contributed by atoms with van der Waals surface area (Å²) in [6.07, 6.45) is 0. The van der Waals surface area contributed by atoms with Crippen LogP contribution >= 0.6 is 0 Å². The Morgan fingerprint density at radius 1 is 0.474 bits per heavy atom. The van der Waals surface area contributed by atoms with Crippen molar-refractivity contribution in [2.45, 2.75) is 0 Å². The van der Waals surface area contributed by atoms with Crippen LogP contribution in [0.5, 0.6) is 0 Å². The molecule has 0 atom stereocenters. The molecule has 0 amide bonds. The number of fused-ring (bicyclic) bond motifs is 8. The quantitative estimate of drug-likeness (QED) is 0.239. The van der Waals surface area contributed by atoms with Gasteiger partial charge in [0.2, 0.25) is 0 Å².